The van der Waals surface area contributed by atoms with Crippen LogP contribution < -0.4 is 17.0 Å². The van der Waals surface area contributed by atoms with Crippen molar-refractivity contribution in [2.75, 3.05) is 19.8 Å². The molecule has 11 nitrogen and oxygen atoms in total. The Morgan fingerprint density at radius 2 is 1.58 bits per heavy atom. The number of azide groups is 1. The van der Waals surface area contributed by atoms with Crippen molar-refractivity contribution in [3.05, 3.63) is 79.0 Å². The maximum absolute atomic E-state index is 11.4. The number of hydrogen-bond acceptors (Lipinski definition) is 6. The molecule has 0 atom stereocenters. The van der Waals surface area contributed by atoms with Crippen LogP contribution in [0.15, 0.2) is 47.8 Å². The summed E-state index contributed by atoms with van der Waals surface area (Å²) in [6, 6.07) is 7.41. The van der Waals surface area contributed by atoms with Gasteiger partial charge in [0.1, 0.15) is 6.07 Å². The van der Waals surface area contributed by atoms with Crippen LogP contribution in [0, 0.1) is 20.2 Å². The summed E-state index contributed by atoms with van der Waals surface area (Å²) in [5.41, 5.74) is 8.88. The van der Waals surface area contributed by atoms with Crippen molar-refractivity contribution in [1.82, 2.24) is 0 Å². The molecule has 0 saturated carbocycles. The van der Waals surface area contributed by atoms with Crippen molar-refractivity contribution in [3.63, 3.8) is 0 Å². The lowest BCUT2D eigenvalue weighted by Gasteiger charge is -2.05. The van der Waals surface area contributed by atoms with Crippen molar-refractivity contribution in [2.24, 2.45) is 5.11 Å². The number of rotatable bonds is 18. The molecule has 0 aliphatic carbocycles. The fraction of sp³-hybridized carbons (Fsp3) is 0.542. The van der Waals surface area contributed by atoms with Gasteiger partial charge in [0, 0.05) is 48.4 Å². The van der Waals surface area contributed by atoms with Crippen LogP contribution >= 0.6 is 0 Å². The van der Waals surface area contributed by atoms with E-state index in [1.807, 2.05) is 18.3 Å². The number of ether oxygens (including phenoxy) is 1. The van der Waals surface area contributed by atoms with E-state index in [0.29, 0.717) is 13.2 Å². The van der Waals surface area contributed by atoms with Gasteiger partial charge in [-0.05, 0) is 37.3 Å². The molecule has 1 heterocycles. The highest BCUT2D eigenvalue weighted by Gasteiger charge is 2.26. The molecule has 0 fully saturated rings. The first-order valence-corrected chi connectivity index (χ1v) is 12.0. The molecule has 1 aromatic carbocycles. The maximum atomic E-state index is 11.4. The van der Waals surface area contributed by atoms with E-state index in [0.717, 1.165) is 56.8 Å². The second-order valence-electron chi connectivity index (χ2n) is 8.31. The summed E-state index contributed by atoms with van der Waals surface area (Å²) >= 11 is 0. The van der Waals surface area contributed by atoms with Gasteiger partial charge in [0.25, 0.3) is 11.4 Å². The summed E-state index contributed by atoms with van der Waals surface area (Å²) in [5, 5.41) is 25.9. The van der Waals surface area contributed by atoms with Gasteiger partial charge >= 0.3 is 5.69 Å². The first-order valence-electron chi connectivity index (χ1n) is 12.0. The van der Waals surface area contributed by atoms with Gasteiger partial charge in [-0.2, -0.15) is 4.57 Å². The lowest BCUT2D eigenvalue weighted by molar-refractivity contribution is -0.601. The molecular weight excluding hydrogens is 488 g/mol. The lowest BCUT2D eigenvalue weighted by Crippen LogP contribution is -3.00. The van der Waals surface area contributed by atoms with Gasteiger partial charge < -0.3 is 17.1 Å². The number of aryl methyl sites for hydroxylation is 1. The summed E-state index contributed by atoms with van der Waals surface area (Å²) in [6.07, 6.45) is 14.2. The SMILES string of the molecule is [Cl-].[N-]=[N+]=NCCCCCCCCCCOCCCc1ccc[n+](-c2ccc([N+](=O)[O-])cc2[N+](=O)[O-])c1. The Labute approximate surface area is 216 Å². The number of hydrogen-bond donors (Lipinski definition) is 0. The molecule has 0 bridgehead atoms. The predicted molar refractivity (Wildman–Crippen MR) is 131 cm³/mol. The number of nitro benzene ring substituents is 2. The molecule has 0 N–H and O–H groups in total. The van der Waals surface area contributed by atoms with Gasteiger partial charge in [-0.25, -0.2) is 0 Å². The number of nitro groups is 2. The van der Waals surface area contributed by atoms with Crippen LogP contribution in [0.1, 0.15) is 63.4 Å². The minimum atomic E-state index is -0.642. The Balaban J connectivity index is 0.00000648. The topological polar surface area (TPSA) is 148 Å². The second-order valence-corrected chi connectivity index (χ2v) is 8.31. The minimum Gasteiger partial charge on any atom is -1.00 e. The van der Waals surface area contributed by atoms with Crippen molar-refractivity contribution in [3.8, 4) is 5.69 Å². The number of benzene rings is 1. The molecule has 196 valence electrons. The molecule has 0 spiro atoms. The van der Waals surface area contributed by atoms with E-state index >= 15 is 0 Å². The van der Waals surface area contributed by atoms with E-state index in [4.69, 9.17) is 10.3 Å². The number of nitrogens with zero attached hydrogens (tertiary/aromatic N) is 6. The highest BCUT2D eigenvalue weighted by Crippen LogP contribution is 2.24. The van der Waals surface area contributed by atoms with Crippen LogP contribution in [-0.2, 0) is 11.2 Å². The Bertz CT molecular complexity index is 1020. The van der Waals surface area contributed by atoms with Gasteiger partial charge in [0.2, 0.25) is 0 Å². The first kappa shape index (κ1) is 30.8. The molecule has 0 aliphatic rings. The van der Waals surface area contributed by atoms with Crippen LogP contribution in [0.5, 0.6) is 0 Å². The number of non-ortho nitro benzene ring substituents is 1. The maximum Gasteiger partial charge on any atom is 0.347 e. The average molecular weight is 521 g/mol. The molecule has 1 aromatic heterocycles. The molecule has 0 radical (unpaired) electrons. The normalized spacial score (nSPS) is 10.3. The zero-order valence-electron chi connectivity index (χ0n) is 20.3. The highest BCUT2D eigenvalue weighted by molar-refractivity contribution is 5.53. The molecule has 2 aromatic rings. The van der Waals surface area contributed by atoms with E-state index in [1.165, 1.54) is 37.8 Å². The standard InChI is InChI=1S/C24H33N6O5.ClH/c25-27-26-15-7-5-3-1-2-4-6-8-17-35-18-10-12-21-11-9-16-28(20-21)23-14-13-22(29(31)32)19-24(23)30(33)34;/h9,11,13-14,16,19-20H,1-8,10,12,15,17-18H2;1H/q+1;/p-1. The Morgan fingerprint density at radius 1 is 0.917 bits per heavy atom. The van der Waals surface area contributed by atoms with Crippen molar-refractivity contribution in [1.29, 1.82) is 0 Å². The summed E-state index contributed by atoms with van der Waals surface area (Å²) in [4.78, 5) is 23.9. The third-order valence-corrected chi connectivity index (χ3v) is 5.62. The van der Waals surface area contributed by atoms with Gasteiger partial charge in [-0.15, -0.1) is 0 Å². The molecule has 36 heavy (non-hydrogen) atoms. The van der Waals surface area contributed by atoms with E-state index in [9.17, 15) is 20.2 Å². The quantitative estimate of drug-likeness (QED) is 0.0562. The zero-order valence-corrected chi connectivity index (χ0v) is 21.1. The molecule has 2 rings (SSSR count). The van der Waals surface area contributed by atoms with Crippen molar-refractivity contribution in [2.45, 2.75) is 64.2 Å². The van der Waals surface area contributed by atoms with Gasteiger partial charge in [0.15, 0.2) is 12.4 Å². The zero-order chi connectivity index (χ0) is 25.3. The molecule has 0 aliphatic heterocycles. The third-order valence-electron chi connectivity index (χ3n) is 5.62. The summed E-state index contributed by atoms with van der Waals surface area (Å²) in [6.45, 7) is 1.99. The highest BCUT2D eigenvalue weighted by atomic mass is 35.5. The minimum absolute atomic E-state index is 0. The van der Waals surface area contributed by atoms with E-state index < -0.39 is 9.85 Å². The van der Waals surface area contributed by atoms with E-state index in [1.54, 1.807) is 10.8 Å². The summed E-state index contributed by atoms with van der Waals surface area (Å²) < 4.78 is 7.36. The number of aromatic nitrogens is 1. The molecule has 0 saturated heterocycles. The largest absolute Gasteiger partial charge is 1.00 e. The van der Waals surface area contributed by atoms with Crippen LogP contribution in [0.3, 0.4) is 0 Å². The van der Waals surface area contributed by atoms with Gasteiger partial charge in [-0.1, -0.05) is 43.6 Å². The van der Waals surface area contributed by atoms with Crippen LogP contribution in [0.4, 0.5) is 11.4 Å². The van der Waals surface area contributed by atoms with E-state index in [-0.39, 0.29) is 29.5 Å². The smallest absolute Gasteiger partial charge is 0.347 e. The summed E-state index contributed by atoms with van der Waals surface area (Å²) in [7, 11) is 0. The Morgan fingerprint density at radius 3 is 2.25 bits per heavy atom. The fourth-order valence-corrected chi connectivity index (χ4v) is 3.78. The Hall–Kier alpha value is -3.27. The third kappa shape index (κ3) is 11.4. The van der Waals surface area contributed by atoms with Crippen LogP contribution in [0.2, 0.25) is 0 Å². The number of pyridine rings is 1. The monoisotopic (exact) mass is 520 g/mol. The fourth-order valence-electron chi connectivity index (χ4n) is 3.78. The molecule has 0 amide bonds. The average Bonchev–Trinajstić information content (AvgIpc) is 2.86. The van der Waals surface area contributed by atoms with E-state index in [2.05, 4.69) is 10.0 Å². The van der Waals surface area contributed by atoms with Gasteiger partial charge in [0.05, 0.1) is 9.85 Å². The number of unbranched alkanes of at least 4 members (excludes halogenated alkanes) is 7. The Kier molecular flexibility index (Phi) is 15.4. The van der Waals surface area contributed by atoms with Gasteiger partial charge in [-0.3, -0.25) is 20.2 Å². The summed E-state index contributed by atoms with van der Waals surface area (Å²) in [5.74, 6) is 0. The van der Waals surface area contributed by atoms with Crippen LogP contribution in [0.25, 0.3) is 16.1 Å². The number of halogens is 1. The molecule has 12 heteroatoms. The van der Waals surface area contributed by atoms with Crippen molar-refractivity contribution >= 4 is 11.4 Å². The predicted octanol–water partition coefficient (Wildman–Crippen LogP) is 3.16. The molecular formula is C24H33ClN6O5. The first-order chi connectivity index (χ1) is 17.0. The molecule has 0 unspecified atom stereocenters. The van der Waals surface area contributed by atoms with Crippen LogP contribution in [-0.4, -0.2) is 29.6 Å². The lowest BCUT2D eigenvalue weighted by atomic mass is 10.1. The van der Waals surface area contributed by atoms with Crippen molar-refractivity contribution < 1.29 is 31.6 Å². The second kappa shape index (κ2) is 18.1.